The predicted octanol–water partition coefficient (Wildman–Crippen LogP) is 2.63. The molecule has 0 bridgehead atoms. The number of hydrogen-bond acceptors (Lipinski definition) is 5. The van der Waals surface area contributed by atoms with E-state index in [0.29, 0.717) is 11.1 Å². The van der Waals surface area contributed by atoms with Gasteiger partial charge in [-0.15, -0.1) is 0 Å². The SMILES string of the molecule is Nc1cccc(C(=O)Nc2cc(S(=O)(=O)O)c(O)c3ccccc23)c1. The highest BCUT2D eigenvalue weighted by Gasteiger charge is 2.21. The first-order chi connectivity index (χ1) is 11.8. The summed E-state index contributed by atoms with van der Waals surface area (Å²) in [5.74, 6) is -1.09. The van der Waals surface area contributed by atoms with E-state index in [9.17, 15) is 22.9 Å². The van der Waals surface area contributed by atoms with Crippen LogP contribution in [0.25, 0.3) is 10.8 Å². The molecule has 0 radical (unpaired) electrons. The summed E-state index contributed by atoms with van der Waals surface area (Å²) in [5, 5.41) is 13.3. The number of phenolic OH excluding ortho intramolecular Hbond substituents is 1. The Balaban J connectivity index is 2.15. The van der Waals surface area contributed by atoms with Gasteiger partial charge >= 0.3 is 0 Å². The fourth-order valence-corrected chi connectivity index (χ4v) is 3.13. The number of phenols is 1. The van der Waals surface area contributed by atoms with E-state index in [1.54, 1.807) is 36.4 Å². The molecule has 0 fully saturated rings. The number of nitrogens with one attached hydrogen (secondary N) is 1. The lowest BCUT2D eigenvalue weighted by Gasteiger charge is -2.13. The van der Waals surface area contributed by atoms with Gasteiger partial charge in [-0.25, -0.2) is 0 Å². The van der Waals surface area contributed by atoms with Crippen LogP contribution >= 0.6 is 0 Å². The first kappa shape index (κ1) is 16.7. The molecule has 25 heavy (non-hydrogen) atoms. The van der Waals surface area contributed by atoms with Crippen molar-refractivity contribution < 1.29 is 22.9 Å². The van der Waals surface area contributed by atoms with Gasteiger partial charge in [0.15, 0.2) is 0 Å². The molecule has 0 atom stereocenters. The second-order valence-electron chi connectivity index (χ2n) is 5.37. The molecular weight excluding hydrogens is 344 g/mol. The molecule has 0 saturated carbocycles. The second-order valence-corrected chi connectivity index (χ2v) is 6.76. The summed E-state index contributed by atoms with van der Waals surface area (Å²) in [6.45, 7) is 0. The lowest BCUT2D eigenvalue weighted by atomic mass is 10.1. The maximum absolute atomic E-state index is 12.4. The molecule has 0 aliphatic heterocycles. The molecule has 3 aromatic carbocycles. The normalized spacial score (nSPS) is 11.4. The number of hydrogen-bond donors (Lipinski definition) is 4. The second kappa shape index (κ2) is 6.08. The van der Waals surface area contributed by atoms with Crippen molar-refractivity contribution in [3.8, 4) is 5.75 Å². The standard InChI is InChI=1S/C17H14N2O5S/c18-11-5-3-4-10(8-11)17(21)19-14-9-15(25(22,23)24)16(20)13-7-2-1-6-12(13)14/h1-9,20H,18H2,(H,19,21)(H,22,23,24). The largest absolute Gasteiger partial charge is 0.506 e. The van der Waals surface area contributed by atoms with Gasteiger partial charge in [0.25, 0.3) is 16.0 Å². The van der Waals surface area contributed by atoms with Crippen LogP contribution in [0.5, 0.6) is 5.75 Å². The van der Waals surface area contributed by atoms with Gasteiger partial charge in [0.05, 0.1) is 5.69 Å². The van der Waals surface area contributed by atoms with Gasteiger partial charge < -0.3 is 16.2 Å². The number of anilines is 2. The number of carbonyl (C=O) groups excluding carboxylic acids is 1. The van der Waals surface area contributed by atoms with Crippen LogP contribution in [0.4, 0.5) is 11.4 Å². The van der Waals surface area contributed by atoms with E-state index in [2.05, 4.69) is 5.32 Å². The number of nitrogens with two attached hydrogens (primary N) is 1. The molecule has 0 aliphatic rings. The quantitative estimate of drug-likeness (QED) is 0.323. The zero-order valence-corrected chi connectivity index (χ0v) is 13.6. The third-order valence-corrected chi connectivity index (χ3v) is 4.52. The van der Waals surface area contributed by atoms with Crippen LogP contribution in [-0.2, 0) is 10.1 Å². The van der Waals surface area contributed by atoms with Crippen LogP contribution in [0.3, 0.4) is 0 Å². The maximum Gasteiger partial charge on any atom is 0.298 e. The fourth-order valence-electron chi connectivity index (χ4n) is 2.51. The monoisotopic (exact) mass is 358 g/mol. The first-order valence-electron chi connectivity index (χ1n) is 7.16. The van der Waals surface area contributed by atoms with E-state index in [1.807, 2.05) is 0 Å². The Kier molecular flexibility index (Phi) is 4.07. The van der Waals surface area contributed by atoms with Gasteiger partial charge in [0.1, 0.15) is 10.6 Å². The molecule has 128 valence electrons. The van der Waals surface area contributed by atoms with Crippen molar-refractivity contribution >= 4 is 38.2 Å². The lowest BCUT2D eigenvalue weighted by Crippen LogP contribution is -2.13. The van der Waals surface area contributed by atoms with Crippen LogP contribution < -0.4 is 11.1 Å². The lowest BCUT2D eigenvalue weighted by molar-refractivity contribution is 0.102. The van der Waals surface area contributed by atoms with Crippen molar-refractivity contribution in [3.05, 3.63) is 60.2 Å². The van der Waals surface area contributed by atoms with E-state index in [0.717, 1.165) is 6.07 Å². The maximum atomic E-state index is 12.4. The van der Waals surface area contributed by atoms with Crippen LogP contribution in [0.1, 0.15) is 10.4 Å². The minimum atomic E-state index is -4.68. The third kappa shape index (κ3) is 3.25. The van der Waals surface area contributed by atoms with Crippen molar-refractivity contribution in [1.82, 2.24) is 0 Å². The van der Waals surface area contributed by atoms with Crippen molar-refractivity contribution in [2.45, 2.75) is 4.90 Å². The summed E-state index contributed by atoms with van der Waals surface area (Å²) in [6.07, 6.45) is 0. The van der Waals surface area contributed by atoms with E-state index in [1.165, 1.54) is 12.1 Å². The molecule has 7 nitrogen and oxygen atoms in total. The van der Waals surface area contributed by atoms with E-state index in [4.69, 9.17) is 5.73 Å². The van der Waals surface area contributed by atoms with Crippen molar-refractivity contribution in [1.29, 1.82) is 0 Å². The van der Waals surface area contributed by atoms with Crippen LogP contribution in [0.2, 0.25) is 0 Å². The highest BCUT2D eigenvalue weighted by atomic mass is 32.2. The zero-order valence-electron chi connectivity index (χ0n) is 12.8. The predicted molar refractivity (Wildman–Crippen MR) is 94.2 cm³/mol. The zero-order chi connectivity index (χ0) is 18.2. The summed E-state index contributed by atoms with van der Waals surface area (Å²) >= 11 is 0. The van der Waals surface area contributed by atoms with Crippen molar-refractivity contribution in [2.75, 3.05) is 11.1 Å². The Morgan fingerprint density at radius 2 is 1.68 bits per heavy atom. The molecule has 0 spiro atoms. The molecule has 0 aromatic heterocycles. The molecular formula is C17H14N2O5S. The molecule has 0 saturated heterocycles. The van der Waals surface area contributed by atoms with Crippen molar-refractivity contribution in [2.24, 2.45) is 0 Å². The van der Waals surface area contributed by atoms with E-state index in [-0.39, 0.29) is 16.6 Å². The highest BCUT2D eigenvalue weighted by Crippen LogP contribution is 2.37. The van der Waals surface area contributed by atoms with Crippen LogP contribution in [0.15, 0.2) is 59.5 Å². The number of fused-ring (bicyclic) bond motifs is 1. The Bertz CT molecular complexity index is 1090. The molecule has 8 heteroatoms. The summed E-state index contributed by atoms with van der Waals surface area (Å²) in [5.41, 5.74) is 6.48. The van der Waals surface area contributed by atoms with Gasteiger partial charge in [-0.3, -0.25) is 9.35 Å². The smallest absolute Gasteiger partial charge is 0.298 e. The third-order valence-electron chi connectivity index (χ3n) is 3.66. The Morgan fingerprint density at radius 1 is 1.00 bits per heavy atom. The van der Waals surface area contributed by atoms with Gasteiger partial charge in [0, 0.05) is 22.0 Å². The first-order valence-corrected chi connectivity index (χ1v) is 8.60. The number of rotatable bonds is 3. The number of benzene rings is 3. The van der Waals surface area contributed by atoms with E-state index >= 15 is 0 Å². The van der Waals surface area contributed by atoms with Gasteiger partial charge in [0.2, 0.25) is 0 Å². The highest BCUT2D eigenvalue weighted by molar-refractivity contribution is 7.86. The van der Waals surface area contributed by atoms with Gasteiger partial charge in [-0.2, -0.15) is 8.42 Å². The number of nitrogen functional groups attached to an aromatic ring is 1. The summed E-state index contributed by atoms with van der Waals surface area (Å²) < 4.78 is 32.4. The van der Waals surface area contributed by atoms with Crippen LogP contribution in [0, 0.1) is 0 Å². The molecule has 0 unspecified atom stereocenters. The van der Waals surface area contributed by atoms with Gasteiger partial charge in [-0.1, -0.05) is 30.3 Å². The molecule has 3 aromatic rings. The average Bonchev–Trinajstić information content (AvgIpc) is 2.56. The Hall–Kier alpha value is -3.10. The van der Waals surface area contributed by atoms with E-state index < -0.39 is 26.7 Å². The Morgan fingerprint density at radius 3 is 2.32 bits per heavy atom. The molecule has 3 rings (SSSR count). The molecule has 0 aliphatic carbocycles. The summed E-state index contributed by atoms with van der Waals surface area (Å²) in [4.78, 5) is 11.7. The fraction of sp³-hybridized carbons (Fsp3) is 0. The topological polar surface area (TPSA) is 130 Å². The van der Waals surface area contributed by atoms with Crippen LogP contribution in [-0.4, -0.2) is 24.0 Å². The number of aromatic hydroxyl groups is 1. The van der Waals surface area contributed by atoms with Crippen molar-refractivity contribution in [3.63, 3.8) is 0 Å². The number of amides is 1. The minimum Gasteiger partial charge on any atom is -0.506 e. The average molecular weight is 358 g/mol. The van der Waals surface area contributed by atoms with Gasteiger partial charge in [-0.05, 0) is 24.3 Å². The summed E-state index contributed by atoms with van der Waals surface area (Å²) in [7, 11) is -4.68. The molecule has 1 amide bonds. The number of carbonyl (C=O) groups is 1. The molecule has 0 heterocycles. The summed E-state index contributed by atoms with van der Waals surface area (Å²) in [6, 6.07) is 13.6. The Labute approximate surface area is 143 Å². The minimum absolute atomic E-state index is 0.133. The molecule has 5 N–H and O–H groups in total.